The lowest BCUT2D eigenvalue weighted by atomic mass is 10.1. The number of rotatable bonds is 2. The summed E-state index contributed by atoms with van der Waals surface area (Å²) in [7, 11) is 0. The van der Waals surface area contributed by atoms with Gasteiger partial charge in [-0.1, -0.05) is 35.9 Å². The van der Waals surface area contributed by atoms with Crippen LogP contribution < -0.4 is 0 Å². The van der Waals surface area contributed by atoms with Crippen molar-refractivity contribution in [3.8, 4) is 10.4 Å². The molecular weight excluding hydrogens is 212 g/mol. The first-order valence-corrected chi connectivity index (χ1v) is 6.29. The maximum Gasteiger partial charge on any atom is 0.0378 e. The van der Waals surface area contributed by atoms with Gasteiger partial charge in [0.05, 0.1) is 0 Å². The Balaban J connectivity index is 2.44. The summed E-state index contributed by atoms with van der Waals surface area (Å²) >= 11 is 1.86. The fraction of sp³-hybridized carbons (Fsp3) is 0.200. The normalized spacial score (nSPS) is 10.2. The predicted octanol–water partition coefficient (Wildman–Crippen LogP) is 5.15. The summed E-state index contributed by atoms with van der Waals surface area (Å²) < 4.78 is 0. The molecule has 0 N–H and O–H groups in total. The van der Waals surface area contributed by atoms with Crippen molar-refractivity contribution in [2.75, 3.05) is 0 Å². The molecule has 0 radical (unpaired) electrons. The van der Waals surface area contributed by atoms with E-state index in [-0.39, 0.29) is 0 Å². The zero-order valence-electron chi connectivity index (χ0n) is 9.95. The minimum atomic E-state index is 1.32. The summed E-state index contributed by atoms with van der Waals surface area (Å²) in [6, 6.07) is 12.9. The summed E-state index contributed by atoms with van der Waals surface area (Å²) in [5.41, 5.74) is 4.03. The van der Waals surface area contributed by atoms with Gasteiger partial charge < -0.3 is 0 Å². The van der Waals surface area contributed by atoms with E-state index in [0.717, 1.165) is 0 Å². The molecule has 0 aliphatic rings. The molecule has 0 saturated heterocycles. The molecule has 0 aliphatic heterocycles. The Kier molecular flexibility index (Phi) is 3.25. The third-order valence-corrected chi connectivity index (χ3v) is 3.64. The molecular formula is C15H16S. The molecule has 0 nitrogen and oxygen atoms in total. The Hall–Kier alpha value is -1.34. The Morgan fingerprint density at radius 1 is 1.12 bits per heavy atom. The van der Waals surface area contributed by atoms with Crippen molar-refractivity contribution in [3.63, 3.8) is 0 Å². The van der Waals surface area contributed by atoms with E-state index in [9.17, 15) is 0 Å². The van der Waals surface area contributed by atoms with E-state index in [1.165, 1.54) is 26.5 Å². The zero-order valence-corrected chi connectivity index (χ0v) is 10.8. The van der Waals surface area contributed by atoms with E-state index < -0.39 is 0 Å². The van der Waals surface area contributed by atoms with Gasteiger partial charge in [-0.15, -0.1) is 11.3 Å². The maximum absolute atomic E-state index is 2.26. The van der Waals surface area contributed by atoms with Crippen molar-refractivity contribution in [2.45, 2.75) is 20.8 Å². The van der Waals surface area contributed by atoms with Crippen LogP contribution in [0.25, 0.3) is 16.5 Å². The van der Waals surface area contributed by atoms with Gasteiger partial charge in [-0.25, -0.2) is 0 Å². The van der Waals surface area contributed by atoms with Crippen molar-refractivity contribution < 1.29 is 0 Å². The second-order valence-corrected chi connectivity index (χ2v) is 5.33. The Morgan fingerprint density at radius 2 is 1.81 bits per heavy atom. The van der Waals surface area contributed by atoms with Crippen LogP contribution in [-0.4, -0.2) is 0 Å². The Labute approximate surface area is 101 Å². The quantitative estimate of drug-likeness (QED) is 0.667. The SMILES string of the molecule is CC(C)=Cc1cc(C)c(-c2ccccc2)s1. The predicted molar refractivity (Wildman–Crippen MR) is 73.8 cm³/mol. The highest BCUT2D eigenvalue weighted by atomic mass is 32.1. The van der Waals surface area contributed by atoms with E-state index in [2.05, 4.69) is 63.2 Å². The molecule has 82 valence electrons. The molecule has 1 aromatic heterocycles. The monoisotopic (exact) mass is 228 g/mol. The van der Waals surface area contributed by atoms with Crippen molar-refractivity contribution in [3.05, 3.63) is 52.4 Å². The van der Waals surface area contributed by atoms with Crippen molar-refractivity contribution >= 4 is 17.4 Å². The highest BCUT2D eigenvalue weighted by molar-refractivity contribution is 7.16. The van der Waals surface area contributed by atoms with Crippen LogP contribution in [0.3, 0.4) is 0 Å². The first kappa shape index (κ1) is 11.2. The second kappa shape index (κ2) is 4.67. The topological polar surface area (TPSA) is 0 Å². The summed E-state index contributed by atoms with van der Waals surface area (Å²) in [6.07, 6.45) is 2.24. The lowest BCUT2D eigenvalue weighted by Crippen LogP contribution is -1.72. The van der Waals surface area contributed by atoms with Gasteiger partial charge in [-0.05, 0) is 44.0 Å². The molecule has 1 heteroatoms. The first-order chi connectivity index (χ1) is 7.66. The smallest absolute Gasteiger partial charge is 0.0378 e. The minimum absolute atomic E-state index is 1.32. The van der Waals surface area contributed by atoms with Crippen molar-refractivity contribution in [1.82, 2.24) is 0 Å². The van der Waals surface area contributed by atoms with Gasteiger partial charge in [0.2, 0.25) is 0 Å². The standard InChI is InChI=1S/C15H16S/c1-11(2)9-14-10-12(3)15(16-14)13-7-5-4-6-8-13/h4-10H,1-3H3. The van der Waals surface area contributed by atoms with Crippen LogP contribution in [0.2, 0.25) is 0 Å². The van der Waals surface area contributed by atoms with E-state index in [1.807, 2.05) is 11.3 Å². The molecule has 1 aromatic carbocycles. The molecule has 0 bridgehead atoms. The lowest BCUT2D eigenvalue weighted by molar-refractivity contribution is 1.43. The van der Waals surface area contributed by atoms with E-state index in [4.69, 9.17) is 0 Å². The van der Waals surface area contributed by atoms with Crippen LogP contribution in [-0.2, 0) is 0 Å². The van der Waals surface area contributed by atoms with E-state index in [0.29, 0.717) is 0 Å². The highest BCUT2D eigenvalue weighted by Gasteiger charge is 2.05. The van der Waals surface area contributed by atoms with Crippen molar-refractivity contribution in [1.29, 1.82) is 0 Å². The van der Waals surface area contributed by atoms with Gasteiger partial charge >= 0.3 is 0 Å². The molecule has 0 saturated carbocycles. The van der Waals surface area contributed by atoms with Crippen LogP contribution in [0, 0.1) is 6.92 Å². The second-order valence-electron chi connectivity index (χ2n) is 4.25. The van der Waals surface area contributed by atoms with Gasteiger partial charge in [0.1, 0.15) is 0 Å². The average molecular weight is 228 g/mol. The number of hydrogen-bond donors (Lipinski definition) is 0. The molecule has 16 heavy (non-hydrogen) atoms. The van der Waals surface area contributed by atoms with Gasteiger partial charge in [-0.2, -0.15) is 0 Å². The minimum Gasteiger partial charge on any atom is -0.136 e. The molecule has 0 fully saturated rings. The van der Waals surface area contributed by atoms with E-state index >= 15 is 0 Å². The average Bonchev–Trinajstić information content (AvgIpc) is 2.60. The molecule has 0 spiro atoms. The third-order valence-electron chi connectivity index (χ3n) is 2.40. The fourth-order valence-electron chi connectivity index (χ4n) is 1.74. The summed E-state index contributed by atoms with van der Waals surface area (Å²) in [5.74, 6) is 0. The Bertz CT molecular complexity index is 499. The number of allylic oxidation sites excluding steroid dienone is 1. The lowest BCUT2D eigenvalue weighted by Gasteiger charge is -1.97. The maximum atomic E-state index is 2.26. The number of thiophene rings is 1. The summed E-state index contributed by atoms with van der Waals surface area (Å²) in [5, 5.41) is 0. The van der Waals surface area contributed by atoms with Crippen LogP contribution in [0.1, 0.15) is 24.3 Å². The summed E-state index contributed by atoms with van der Waals surface area (Å²) in [4.78, 5) is 2.73. The van der Waals surface area contributed by atoms with Gasteiger partial charge in [0.15, 0.2) is 0 Å². The zero-order chi connectivity index (χ0) is 11.5. The van der Waals surface area contributed by atoms with Gasteiger partial charge in [0, 0.05) is 9.75 Å². The summed E-state index contributed by atoms with van der Waals surface area (Å²) in [6.45, 7) is 6.45. The van der Waals surface area contributed by atoms with Gasteiger partial charge in [-0.3, -0.25) is 0 Å². The highest BCUT2D eigenvalue weighted by Crippen LogP contribution is 2.33. The molecule has 1 heterocycles. The molecule has 0 unspecified atom stereocenters. The van der Waals surface area contributed by atoms with Gasteiger partial charge in [0.25, 0.3) is 0 Å². The first-order valence-electron chi connectivity index (χ1n) is 5.47. The number of aryl methyl sites for hydroxylation is 1. The third kappa shape index (κ3) is 2.42. The van der Waals surface area contributed by atoms with Crippen molar-refractivity contribution in [2.24, 2.45) is 0 Å². The number of benzene rings is 1. The fourth-order valence-corrected chi connectivity index (χ4v) is 2.98. The molecule has 0 aliphatic carbocycles. The molecule has 0 amide bonds. The van der Waals surface area contributed by atoms with Crippen LogP contribution in [0.5, 0.6) is 0 Å². The van der Waals surface area contributed by atoms with Crippen LogP contribution >= 0.6 is 11.3 Å². The molecule has 0 atom stereocenters. The number of hydrogen-bond acceptors (Lipinski definition) is 1. The largest absolute Gasteiger partial charge is 0.136 e. The van der Waals surface area contributed by atoms with E-state index in [1.54, 1.807) is 0 Å². The van der Waals surface area contributed by atoms with Crippen LogP contribution in [0.15, 0.2) is 42.0 Å². The molecule has 2 aromatic rings. The van der Waals surface area contributed by atoms with Crippen LogP contribution in [0.4, 0.5) is 0 Å². The Morgan fingerprint density at radius 3 is 2.44 bits per heavy atom. The molecule has 2 rings (SSSR count).